The maximum absolute atomic E-state index is 12.0. The molecule has 2 rings (SSSR count). The Morgan fingerprint density at radius 1 is 1.52 bits per heavy atom. The molecule has 0 aromatic carbocycles. The summed E-state index contributed by atoms with van der Waals surface area (Å²) >= 11 is 0. The van der Waals surface area contributed by atoms with E-state index in [-0.39, 0.29) is 6.09 Å². The summed E-state index contributed by atoms with van der Waals surface area (Å²) in [5.74, 6) is 0. The highest BCUT2D eigenvalue weighted by Crippen LogP contribution is 2.15. The van der Waals surface area contributed by atoms with Crippen molar-refractivity contribution in [2.24, 2.45) is 0 Å². The van der Waals surface area contributed by atoms with Gasteiger partial charge in [0.25, 0.3) is 0 Å². The van der Waals surface area contributed by atoms with E-state index in [0.29, 0.717) is 18.6 Å². The van der Waals surface area contributed by atoms with E-state index in [9.17, 15) is 4.79 Å². The van der Waals surface area contributed by atoms with Crippen LogP contribution in [0.5, 0.6) is 0 Å². The molecule has 118 valence electrons. The minimum atomic E-state index is -0.433. The average molecular weight is 294 g/mol. The zero-order chi connectivity index (χ0) is 15.5. The molecule has 21 heavy (non-hydrogen) atoms. The van der Waals surface area contributed by atoms with Crippen molar-refractivity contribution in [2.75, 3.05) is 13.1 Å². The minimum Gasteiger partial charge on any atom is -0.444 e. The van der Waals surface area contributed by atoms with Crippen LogP contribution < -0.4 is 5.32 Å². The molecule has 2 unspecified atom stereocenters. The van der Waals surface area contributed by atoms with Gasteiger partial charge in [0.15, 0.2) is 0 Å². The standard InChI is InChI=1S/C15H26N4O2/c1-12(9-18-8-6-16-11-18)17-13-5-7-19(10-13)14(20)21-15(2,3)4/h6,8,11-13,17H,5,7,9-10H2,1-4H3. The molecule has 1 aromatic rings. The molecule has 1 amide bonds. The van der Waals surface area contributed by atoms with Crippen LogP contribution in [0.1, 0.15) is 34.1 Å². The SMILES string of the molecule is CC(Cn1ccnc1)NC1CCN(C(=O)OC(C)(C)C)C1. The molecule has 0 saturated carbocycles. The molecule has 6 heteroatoms. The van der Waals surface area contributed by atoms with Crippen molar-refractivity contribution < 1.29 is 9.53 Å². The number of hydrogen-bond acceptors (Lipinski definition) is 4. The first-order valence-electron chi connectivity index (χ1n) is 7.53. The fourth-order valence-electron chi connectivity index (χ4n) is 2.55. The van der Waals surface area contributed by atoms with Gasteiger partial charge in [-0.25, -0.2) is 9.78 Å². The van der Waals surface area contributed by atoms with Crippen LogP contribution in [0.15, 0.2) is 18.7 Å². The number of nitrogens with one attached hydrogen (secondary N) is 1. The monoisotopic (exact) mass is 294 g/mol. The predicted octanol–water partition coefficient (Wildman–Crippen LogP) is 1.87. The van der Waals surface area contributed by atoms with Gasteiger partial charge in [0.2, 0.25) is 0 Å². The number of nitrogens with zero attached hydrogens (tertiary/aromatic N) is 3. The summed E-state index contributed by atoms with van der Waals surface area (Å²) in [4.78, 5) is 17.8. The van der Waals surface area contributed by atoms with Crippen molar-refractivity contribution in [1.82, 2.24) is 19.8 Å². The number of carbonyl (C=O) groups is 1. The van der Waals surface area contributed by atoms with Crippen molar-refractivity contribution in [3.63, 3.8) is 0 Å². The third-order valence-electron chi connectivity index (χ3n) is 3.40. The lowest BCUT2D eigenvalue weighted by molar-refractivity contribution is 0.0290. The van der Waals surface area contributed by atoms with Gasteiger partial charge in [0, 0.05) is 44.1 Å². The van der Waals surface area contributed by atoms with Crippen molar-refractivity contribution in [3.8, 4) is 0 Å². The maximum Gasteiger partial charge on any atom is 0.410 e. The molecule has 1 aliphatic rings. The summed E-state index contributed by atoms with van der Waals surface area (Å²) in [6.07, 6.45) is 6.31. The van der Waals surface area contributed by atoms with E-state index < -0.39 is 5.60 Å². The molecule has 1 N–H and O–H groups in total. The molecule has 1 aromatic heterocycles. The van der Waals surface area contributed by atoms with E-state index in [1.807, 2.05) is 33.3 Å². The second-order valence-corrected chi connectivity index (χ2v) is 6.74. The van der Waals surface area contributed by atoms with Crippen LogP contribution in [0.25, 0.3) is 0 Å². The Morgan fingerprint density at radius 2 is 2.29 bits per heavy atom. The van der Waals surface area contributed by atoms with Gasteiger partial charge < -0.3 is 19.5 Å². The zero-order valence-electron chi connectivity index (χ0n) is 13.4. The number of aromatic nitrogens is 2. The van der Waals surface area contributed by atoms with E-state index in [1.54, 1.807) is 11.1 Å². The molecule has 1 aliphatic heterocycles. The molecular formula is C15H26N4O2. The molecule has 6 nitrogen and oxygen atoms in total. The second kappa shape index (κ2) is 6.47. The fraction of sp³-hybridized carbons (Fsp3) is 0.733. The van der Waals surface area contributed by atoms with Gasteiger partial charge in [0.1, 0.15) is 5.60 Å². The zero-order valence-corrected chi connectivity index (χ0v) is 13.4. The van der Waals surface area contributed by atoms with Crippen molar-refractivity contribution in [2.45, 2.75) is 58.3 Å². The summed E-state index contributed by atoms with van der Waals surface area (Å²) < 4.78 is 7.46. The molecular weight excluding hydrogens is 268 g/mol. The summed E-state index contributed by atoms with van der Waals surface area (Å²) in [6, 6.07) is 0.666. The first-order chi connectivity index (χ1) is 9.83. The van der Waals surface area contributed by atoms with E-state index in [2.05, 4.69) is 21.8 Å². The highest BCUT2D eigenvalue weighted by molar-refractivity contribution is 5.68. The first-order valence-corrected chi connectivity index (χ1v) is 7.53. The molecule has 1 fully saturated rings. The van der Waals surface area contributed by atoms with Gasteiger partial charge in [-0.1, -0.05) is 0 Å². The highest BCUT2D eigenvalue weighted by Gasteiger charge is 2.30. The van der Waals surface area contributed by atoms with Crippen LogP contribution in [-0.4, -0.2) is 51.3 Å². The molecule has 0 spiro atoms. The Kier molecular flexibility index (Phi) is 4.88. The van der Waals surface area contributed by atoms with Crippen LogP contribution in [0, 0.1) is 0 Å². The van der Waals surface area contributed by atoms with E-state index in [4.69, 9.17) is 4.74 Å². The van der Waals surface area contributed by atoms with Crippen molar-refractivity contribution >= 4 is 6.09 Å². The molecule has 1 saturated heterocycles. The number of imidazole rings is 1. The first kappa shape index (κ1) is 15.8. The van der Waals surface area contributed by atoms with Gasteiger partial charge in [-0.2, -0.15) is 0 Å². The van der Waals surface area contributed by atoms with E-state index in [0.717, 1.165) is 19.5 Å². The molecule has 0 bridgehead atoms. The minimum absolute atomic E-state index is 0.214. The van der Waals surface area contributed by atoms with Gasteiger partial charge in [-0.3, -0.25) is 0 Å². The highest BCUT2D eigenvalue weighted by atomic mass is 16.6. The fourth-order valence-corrected chi connectivity index (χ4v) is 2.55. The quantitative estimate of drug-likeness (QED) is 0.921. The molecule has 2 atom stereocenters. The van der Waals surface area contributed by atoms with Crippen LogP contribution >= 0.6 is 0 Å². The Bertz CT molecular complexity index is 453. The third kappa shape index (κ3) is 5.04. The predicted molar refractivity (Wildman–Crippen MR) is 81.0 cm³/mol. The summed E-state index contributed by atoms with van der Waals surface area (Å²) in [5, 5.41) is 3.57. The third-order valence-corrected chi connectivity index (χ3v) is 3.40. The maximum atomic E-state index is 12.0. The summed E-state index contributed by atoms with van der Waals surface area (Å²) in [6.45, 7) is 10.2. The molecule has 2 heterocycles. The Hall–Kier alpha value is -1.56. The Labute approximate surface area is 126 Å². The van der Waals surface area contributed by atoms with Crippen molar-refractivity contribution in [3.05, 3.63) is 18.7 Å². The van der Waals surface area contributed by atoms with Gasteiger partial charge in [0.05, 0.1) is 6.33 Å². The lowest BCUT2D eigenvalue weighted by atomic mass is 10.2. The smallest absolute Gasteiger partial charge is 0.410 e. The second-order valence-electron chi connectivity index (χ2n) is 6.74. The number of likely N-dealkylation sites (tertiary alicyclic amines) is 1. The largest absolute Gasteiger partial charge is 0.444 e. The summed E-state index contributed by atoms with van der Waals surface area (Å²) in [5.41, 5.74) is -0.433. The number of amides is 1. The number of hydrogen-bond donors (Lipinski definition) is 1. The van der Waals surface area contributed by atoms with Crippen LogP contribution in [0.3, 0.4) is 0 Å². The topological polar surface area (TPSA) is 59.4 Å². The average Bonchev–Trinajstić information content (AvgIpc) is 2.98. The lowest BCUT2D eigenvalue weighted by Gasteiger charge is -2.25. The van der Waals surface area contributed by atoms with Crippen LogP contribution in [0.2, 0.25) is 0 Å². The van der Waals surface area contributed by atoms with E-state index in [1.165, 1.54) is 0 Å². The number of rotatable bonds is 4. The number of ether oxygens (including phenoxy) is 1. The van der Waals surface area contributed by atoms with Crippen molar-refractivity contribution in [1.29, 1.82) is 0 Å². The lowest BCUT2D eigenvalue weighted by Crippen LogP contribution is -2.42. The van der Waals surface area contributed by atoms with Gasteiger partial charge >= 0.3 is 6.09 Å². The van der Waals surface area contributed by atoms with Crippen LogP contribution in [0.4, 0.5) is 4.79 Å². The Balaban J connectivity index is 1.76. The van der Waals surface area contributed by atoms with Gasteiger partial charge in [-0.05, 0) is 34.1 Å². The molecule has 0 radical (unpaired) electrons. The summed E-state index contributed by atoms with van der Waals surface area (Å²) in [7, 11) is 0. The van der Waals surface area contributed by atoms with E-state index >= 15 is 0 Å². The molecule has 0 aliphatic carbocycles. The number of carbonyl (C=O) groups excluding carboxylic acids is 1. The van der Waals surface area contributed by atoms with Gasteiger partial charge in [-0.15, -0.1) is 0 Å². The normalized spacial score (nSPS) is 20.6. The van der Waals surface area contributed by atoms with Crippen LogP contribution in [-0.2, 0) is 11.3 Å². The Morgan fingerprint density at radius 3 is 2.90 bits per heavy atom.